The van der Waals surface area contributed by atoms with Crippen LogP contribution in [0.1, 0.15) is 22.5 Å². The fourth-order valence-electron chi connectivity index (χ4n) is 1.87. The maximum Gasteiger partial charge on any atom is 0.187 e. The van der Waals surface area contributed by atoms with Crippen LogP contribution in [-0.4, -0.2) is 38.4 Å². The highest BCUT2D eigenvalue weighted by molar-refractivity contribution is 7.92. The third-order valence-corrected chi connectivity index (χ3v) is 6.28. The Hall–Kier alpha value is -0.430. The molecular formula is C11H13ClO4S2. The number of halogens is 1. The van der Waals surface area contributed by atoms with Crippen molar-refractivity contribution in [2.24, 2.45) is 0 Å². The van der Waals surface area contributed by atoms with Crippen molar-refractivity contribution in [2.75, 3.05) is 19.0 Å². The van der Waals surface area contributed by atoms with E-state index in [-0.39, 0.29) is 5.78 Å². The van der Waals surface area contributed by atoms with Gasteiger partial charge in [0, 0.05) is 13.2 Å². The van der Waals surface area contributed by atoms with Crippen molar-refractivity contribution < 1.29 is 17.9 Å². The number of thiophene rings is 1. The van der Waals surface area contributed by atoms with E-state index in [4.69, 9.17) is 16.3 Å². The van der Waals surface area contributed by atoms with Gasteiger partial charge >= 0.3 is 0 Å². The van der Waals surface area contributed by atoms with Crippen molar-refractivity contribution in [3.8, 4) is 0 Å². The molecule has 2 rings (SSSR count). The second kappa shape index (κ2) is 5.69. The van der Waals surface area contributed by atoms with E-state index in [9.17, 15) is 13.2 Å². The zero-order valence-electron chi connectivity index (χ0n) is 9.60. The highest BCUT2D eigenvalue weighted by atomic mass is 35.5. The lowest BCUT2D eigenvalue weighted by Gasteiger charge is -2.21. The molecular weight excluding hydrogens is 296 g/mol. The highest BCUT2D eigenvalue weighted by Gasteiger charge is 2.30. The Kier molecular flexibility index (Phi) is 4.42. The first-order valence-electron chi connectivity index (χ1n) is 5.57. The lowest BCUT2D eigenvalue weighted by molar-refractivity contribution is 0.0972. The summed E-state index contributed by atoms with van der Waals surface area (Å²) in [7, 11) is -3.39. The van der Waals surface area contributed by atoms with E-state index in [0.717, 1.165) is 11.3 Å². The molecule has 1 saturated heterocycles. The van der Waals surface area contributed by atoms with Crippen LogP contribution in [-0.2, 0) is 14.6 Å². The lowest BCUT2D eigenvalue weighted by Crippen LogP contribution is -2.32. The van der Waals surface area contributed by atoms with Crippen LogP contribution in [0.2, 0.25) is 4.34 Å². The van der Waals surface area contributed by atoms with Gasteiger partial charge in [-0.2, -0.15) is 0 Å². The van der Waals surface area contributed by atoms with Gasteiger partial charge in [-0.25, -0.2) is 8.42 Å². The molecule has 1 aliphatic heterocycles. The van der Waals surface area contributed by atoms with E-state index in [1.807, 2.05) is 0 Å². The normalized spacial score (nSPS) is 17.8. The number of rotatable bonds is 4. The van der Waals surface area contributed by atoms with Gasteiger partial charge in [0.05, 0.1) is 14.5 Å². The Balaban J connectivity index is 2.05. The molecule has 1 aromatic rings. The third-order valence-electron chi connectivity index (χ3n) is 2.86. The van der Waals surface area contributed by atoms with Crippen molar-refractivity contribution in [3.63, 3.8) is 0 Å². The molecule has 0 amide bonds. The van der Waals surface area contributed by atoms with Crippen LogP contribution in [0.15, 0.2) is 12.1 Å². The SMILES string of the molecule is O=C(CS(=O)(=O)C1CCOCC1)c1ccc(Cl)s1. The van der Waals surface area contributed by atoms with E-state index >= 15 is 0 Å². The smallest absolute Gasteiger partial charge is 0.187 e. The number of carbonyl (C=O) groups is 1. The number of Topliss-reactive ketones (excluding diaryl/α,β-unsaturated/α-hetero) is 1. The minimum atomic E-state index is -3.39. The highest BCUT2D eigenvalue weighted by Crippen LogP contribution is 2.23. The van der Waals surface area contributed by atoms with Crippen LogP contribution in [0.4, 0.5) is 0 Å². The summed E-state index contributed by atoms with van der Waals surface area (Å²) in [5.41, 5.74) is 0. The summed E-state index contributed by atoms with van der Waals surface area (Å²) >= 11 is 6.83. The molecule has 0 N–H and O–H groups in total. The average Bonchev–Trinajstić information content (AvgIpc) is 2.77. The van der Waals surface area contributed by atoms with Gasteiger partial charge in [-0.3, -0.25) is 4.79 Å². The van der Waals surface area contributed by atoms with Gasteiger partial charge < -0.3 is 4.74 Å². The van der Waals surface area contributed by atoms with Crippen LogP contribution < -0.4 is 0 Å². The van der Waals surface area contributed by atoms with E-state index < -0.39 is 20.8 Å². The summed E-state index contributed by atoms with van der Waals surface area (Å²) in [6.45, 7) is 0.895. The minimum absolute atomic E-state index is 0.376. The molecule has 7 heteroatoms. The van der Waals surface area contributed by atoms with Gasteiger partial charge in [0.25, 0.3) is 0 Å². The van der Waals surface area contributed by atoms with Gasteiger partial charge in [-0.05, 0) is 25.0 Å². The predicted octanol–water partition coefficient (Wildman–Crippen LogP) is 2.18. The summed E-state index contributed by atoms with van der Waals surface area (Å²) in [4.78, 5) is 12.3. The minimum Gasteiger partial charge on any atom is -0.381 e. The second-order valence-corrected chi connectivity index (χ2v) is 8.14. The summed E-state index contributed by atoms with van der Waals surface area (Å²) in [5.74, 6) is -0.812. The van der Waals surface area contributed by atoms with E-state index in [1.165, 1.54) is 0 Å². The molecule has 0 radical (unpaired) electrons. The van der Waals surface area contributed by atoms with Crippen molar-refractivity contribution >= 4 is 38.6 Å². The quantitative estimate of drug-likeness (QED) is 0.800. The zero-order chi connectivity index (χ0) is 13.2. The maximum absolute atomic E-state index is 12.1. The maximum atomic E-state index is 12.1. The fraction of sp³-hybridized carbons (Fsp3) is 0.545. The van der Waals surface area contributed by atoms with Gasteiger partial charge in [0.15, 0.2) is 15.6 Å². The summed E-state index contributed by atoms with van der Waals surface area (Å²) in [6.07, 6.45) is 0.946. The Labute approximate surface area is 115 Å². The Morgan fingerprint density at radius 1 is 1.39 bits per heavy atom. The monoisotopic (exact) mass is 308 g/mol. The van der Waals surface area contributed by atoms with Crippen LogP contribution in [0, 0.1) is 0 Å². The third kappa shape index (κ3) is 3.32. The van der Waals surface area contributed by atoms with Gasteiger partial charge in [0.2, 0.25) is 0 Å². The molecule has 1 fully saturated rings. The number of ether oxygens (including phenoxy) is 1. The topological polar surface area (TPSA) is 60.4 Å². The van der Waals surface area contributed by atoms with Crippen LogP contribution >= 0.6 is 22.9 Å². The largest absolute Gasteiger partial charge is 0.381 e. The summed E-state index contributed by atoms with van der Waals surface area (Å²) in [5, 5.41) is -0.453. The second-order valence-electron chi connectivity index (χ2n) is 4.15. The molecule has 2 heterocycles. The van der Waals surface area contributed by atoms with Crippen molar-refractivity contribution in [1.29, 1.82) is 0 Å². The predicted molar refractivity (Wildman–Crippen MR) is 71.3 cm³/mol. The van der Waals surface area contributed by atoms with E-state index in [0.29, 0.717) is 35.3 Å². The number of hydrogen-bond donors (Lipinski definition) is 0. The molecule has 0 aromatic carbocycles. The van der Waals surface area contributed by atoms with Crippen LogP contribution in [0.3, 0.4) is 0 Å². The molecule has 0 aliphatic carbocycles. The molecule has 100 valence electrons. The Bertz CT molecular complexity index is 529. The number of sulfone groups is 1. The molecule has 0 saturated carbocycles. The van der Waals surface area contributed by atoms with Crippen molar-refractivity contribution in [2.45, 2.75) is 18.1 Å². The van der Waals surface area contributed by atoms with Gasteiger partial charge in [0.1, 0.15) is 5.75 Å². The zero-order valence-corrected chi connectivity index (χ0v) is 12.0. The average molecular weight is 309 g/mol. The molecule has 1 aromatic heterocycles. The molecule has 0 spiro atoms. The first-order chi connectivity index (χ1) is 8.49. The first kappa shape index (κ1) is 14.0. The number of hydrogen-bond acceptors (Lipinski definition) is 5. The van der Waals surface area contributed by atoms with Crippen LogP contribution in [0.25, 0.3) is 0 Å². The summed E-state index contributed by atoms with van der Waals surface area (Å²) < 4.78 is 29.8. The van der Waals surface area contributed by atoms with Crippen molar-refractivity contribution in [3.05, 3.63) is 21.3 Å². The van der Waals surface area contributed by atoms with E-state index in [2.05, 4.69) is 0 Å². The van der Waals surface area contributed by atoms with Gasteiger partial charge in [-0.15, -0.1) is 11.3 Å². The molecule has 0 atom stereocenters. The number of ketones is 1. The van der Waals surface area contributed by atoms with E-state index in [1.54, 1.807) is 12.1 Å². The standard InChI is InChI=1S/C11H13ClO4S2/c12-11-2-1-10(17-11)9(13)7-18(14,15)8-3-5-16-6-4-8/h1-2,8H,3-7H2. The fourth-order valence-corrected chi connectivity index (χ4v) is 4.61. The molecule has 4 nitrogen and oxygen atoms in total. The Morgan fingerprint density at radius 2 is 2.06 bits per heavy atom. The molecule has 0 unspecified atom stereocenters. The lowest BCUT2D eigenvalue weighted by atomic mass is 10.2. The Morgan fingerprint density at radius 3 is 2.61 bits per heavy atom. The van der Waals surface area contributed by atoms with Crippen molar-refractivity contribution in [1.82, 2.24) is 0 Å². The molecule has 0 bridgehead atoms. The van der Waals surface area contributed by atoms with Crippen LogP contribution in [0.5, 0.6) is 0 Å². The first-order valence-corrected chi connectivity index (χ1v) is 8.48. The molecule has 1 aliphatic rings. The summed E-state index contributed by atoms with van der Waals surface area (Å²) in [6, 6.07) is 3.16. The number of carbonyl (C=O) groups excluding carboxylic acids is 1. The molecule has 18 heavy (non-hydrogen) atoms. The van der Waals surface area contributed by atoms with Gasteiger partial charge in [-0.1, -0.05) is 11.6 Å².